The predicted molar refractivity (Wildman–Crippen MR) is 38.1 cm³/mol. The molecule has 0 radical (unpaired) electrons. The van der Waals surface area contributed by atoms with Crippen molar-refractivity contribution in [3.63, 3.8) is 0 Å². The second kappa shape index (κ2) is 3.30. The van der Waals surface area contributed by atoms with Crippen LogP contribution in [0.1, 0.15) is 0 Å². The first kappa shape index (κ1) is 7.94. The van der Waals surface area contributed by atoms with Gasteiger partial charge in [-0.25, -0.2) is 0 Å². The lowest BCUT2D eigenvalue weighted by Crippen LogP contribution is -2.52. The molecule has 0 bridgehead atoms. The number of morpholine rings is 1. The van der Waals surface area contributed by atoms with Gasteiger partial charge < -0.3 is 20.3 Å². The third kappa shape index (κ3) is 1.91. The van der Waals surface area contributed by atoms with Crippen LogP contribution in [-0.2, 0) is 4.74 Å². The van der Waals surface area contributed by atoms with Gasteiger partial charge in [0.25, 0.3) is 0 Å². The van der Waals surface area contributed by atoms with E-state index in [-0.39, 0.29) is 4.65 Å². The van der Waals surface area contributed by atoms with Crippen molar-refractivity contribution < 1.29 is 9.38 Å². The Morgan fingerprint density at radius 3 is 2.50 bits per heavy atom. The Balaban J connectivity index is 2.32. The van der Waals surface area contributed by atoms with Crippen molar-refractivity contribution in [3.8, 4) is 0 Å². The minimum absolute atomic E-state index is 0.156. The van der Waals surface area contributed by atoms with Crippen LogP contribution in [0, 0.1) is 5.21 Å². The minimum Gasteiger partial charge on any atom is -0.633 e. The molecule has 60 valence electrons. The number of ether oxygens (including phenoxy) is 1. The molecule has 0 amide bonds. The van der Waals surface area contributed by atoms with Gasteiger partial charge in [-0.1, -0.05) is 0 Å². The zero-order valence-corrected chi connectivity index (χ0v) is 6.08. The molecule has 1 aliphatic heterocycles. The molecule has 0 aromatic heterocycles. The molecule has 0 aromatic carbocycles. The van der Waals surface area contributed by atoms with Gasteiger partial charge in [-0.15, -0.1) is 0 Å². The van der Waals surface area contributed by atoms with Gasteiger partial charge in [-0.05, 0) is 0 Å². The Hall–Kier alpha value is -0.160. The quantitative estimate of drug-likeness (QED) is 0.413. The van der Waals surface area contributed by atoms with E-state index in [1.807, 2.05) is 0 Å². The molecule has 1 rings (SSSR count). The van der Waals surface area contributed by atoms with Crippen molar-refractivity contribution >= 4 is 0 Å². The summed E-state index contributed by atoms with van der Waals surface area (Å²) in [6.45, 7) is 3.31. The average molecular weight is 146 g/mol. The molecule has 0 aromatic rings. The molecule has 1 aliphatic rings. The Labute approximate surface area is 60.7 Å². The highest BCUT2D eigenvalue weighted by Gasteiger charge is 2.19. The van der Waals surface area contributed by atoms with E-state index >= 15 is 0 Å². The van der Waals surface area contributed by atoms with Crippen LogP contribution in [0.5, 0.6) is 0 Å². The fourth-order valence-electron chi connectivity index (χ4n) is 1.13. The van der Waals surface area contributed by atoms with E-state index in [1.54, 1.807) is 0 Å². The monoisotopic (exact) mass is 146 g/mol. The van der Waals surface area contributed by atoms with Gasteiger partial charge in [0.2, 0.25) is 0 Å². The SMILES string of the molecule is NCC[N+]1([O-])CCOCC1. The fourth-order valence-corrected chi connectivity index (χ4v) is 1.13. The van der Waals surface area contributed by atoms with Crippen LogP contribution in [0.25, 0.3) is 0 Å². The molecular formula is C6H14N2O2. The Kier molecular flexibility index (Phi) is 2.62. The molecule has 4 nitrogen and oxygen atoms in total. The van der Waals surface area contributed by atoms with Crippen molar-refractivity contribution in [2.24, 2.45) is 5.73 Å². The Morgan fingerprint density at radius 2 is 2.00 bits per heavy atom. The zero-order chi connectivity index (χ0) is 7.45. The second-order valence-corrected chi connectivity index (χ2v) is 2.63. The molecule has 1 saturated heterocycles. The van der Waals surface area contributed by atoms with Crippen molar-refractivity contribution in [1.29, 1.82) is 0 Å². The zero-order valence-electron chi connectivity index (χ0n) is 6.08. The smallest absolute Gasteiger partial charge is 0.102 e. The standard InChI is InChI=1S/C6H14N2O2/c7-1-2-8(9)3-5-10-6-4-8/h1-7H2. The number of hydrogen-bond acceptors (Lipinski definition) is 3. The summed E-state index contributed by atoms with van der Waals surface area (Å²) in [7, 11) is 0. The fraction of sp³-hybridized carbons (Fsp3) is 1.00. The molecule has 0 spiro atoms. The van der Waals surface area contributed by atoms with Crippen LogP contribution < -0.4 is 5.73 Å². The molecule has 0 aliphatic carbocycles. The normalized spacial score (nSPS) is 24.6. The van der Waals surface area contributed by atoms with E-state index < -0.39 is 0 Å². The van der Waals surface area contributed by atoms with E-state index in [0.29, 0.717) is 39.4 Å². The Morgan fingerprint density at radius 1 is 1.40 bits per heavy atom. The lowest BCUT2D eigenvalue weighted by Gasteiger charge is -2.44. The first-order valence-electron chi connectivity index (χ1n) is 3.62. The number of hydroxylamine groups is 3. The van der Waals surface area contributed by atoms with Gasteiger partial charge in [0.1, 0.15) is 13.1 Å². The van der Waals surface area contributed by atoms with Crippen LogP contribution in [0.15, 0.2) is 0 Å². The molecule has 1 fully saturated rings. The summed E-state index contributed by atoms with van der Waals surface area (Å²) in [6, 6.07) is 0. The summed E-state index contributed by atoms with van der Waals surface area (Å²) in [6.07, 6.45) is 0. The molecule has 0 saturated carbocycles. The van der Waals surface area contributed by atoms with Gasteiger partial charge in [-0.2, -0.15) is 0 Å². The maximum absolute atomic E-state index is 11.5. The van der Waals surface area contributed by atoms with Gasteiger partial charge in [0, 0.05) is 6.54 Å². The van der Waals surface area contributed by atoms with E-state index in [2.05, 4.69) is 0 Å². The molecule has 2 N–H and O–H groups in total. The van der Waals surface area contributed by atoms with Crippen molar-refractivity contribution in [3.05, 3.63) is 5.21 Å². The van der Waals surface area contributed by atoms with Crippen molar-refractivity contribution in [2.45, 2.75) is 0 Å². The van der Waals surface area contributed by atoms with Crippen LogP contribution in [0.3, 0.4) is 0 Å². The summed E-state index contributed by atoms with van der Waals surface area (Å²) in [5.74, 6) is 0. The predicted octanol–water partition coefficient (Wildman–Crippen LogP) is -0.710. The summed E-state index contributed by atoms with van der Waals surface area (Å²) in [5, 5.41) is 11.5. The van der Waals surface area contributed by atoms with Gasteiger partial charge in [0.15, 0.2) is 0 Å². The summed E-state index contributed by atoms with van der Waals surface area (Å²) < 4.78 is 4.90. The van der Waals surface area contributed by atoms with Crippen molar-refractivity contribution in [1.82, 2.24) is 0 Å². The highest BCUT2D eigenvalue weighted by molar-refractivity contribution is 4.50. The molecule has 0 unspecified atom stereocenters. The molecule has 0 atom stereocenters. The van der Waals surface area contributed by atoms with Crippen LogP contribution in [0.2, 0.25) is 0 Å². The van der Waals surface area contributed by atoms with E-state index in [4.69, 9.17) is 10.5 Å². The number of hydrogen-bond donors (Lipinski definition) is 1. The lowest BCUT2D eigenvalue weighted by molar-refractivity contribution is -0.887. The van der Waals surface area contributed by atoms with Gasteiger partial charge in [-0.3, -0.25) is 0 Å². The van der Waals surface area contributed by atoms with Crippen molar-refractivity contribution in [2.75, 3.05) is 39.4 Å². The summed E-state index contributed by atoms with van der Waals surface area (Å²) in [5.41, 5.74) is 5.29. The minimum atomic E-state index is -0.156. The maximum atomic E-state index is 11.5. The third-order valence-corrected chi connectivity index (χ3v) is 1.82. The highest BCUT2D eigenvalue weighted by atomic mass is 16.6. The summed E-state index contributed by atoms with van der Waals surface area (Å²) >= 11 is 0. The van der Waals surface area contributed by atoms with Gasteiger partial charge >= 0.3 is 0 Å². The second-order valence-electron chi connectivity index (χ2n) is 2.63. The third-order valence-electron chi connectivity index (χ3n) is 1.82. The van der Waals surface area contributed by atoms with Crippen LogP contribution >= 0.6 is 0 Å². The first-order valence-corrected chi connectivity index (χ1v) is 3.62. The number of nitrogens with zero attached hydrogens (tertiary/aromatic N) is 1. The summed E-state index contributed by atoms with van der Waals surface area (Å²) in [4.78, 5) is 0. The van der Waals surface area contributed by atoms with E-state index in [1.165, 1.54) is 0 Å². The first-order chi connectivity index (χ1) is 4.77. The number of nitrogens with two attached hydrogens (primary N) is 1. The maximum Gasteiger partial charge on any atom is 0.102 e. The molecule has 10 heavy (non-hydrogen) atoms. The number of rotatable bonds is 2. The van der Waals surface area contributed by atoms with E-state index in [0.717, 1.165) is 0 Å². The van der Waals surface area contributed by atoms with Crippen LogP contribution in [0.4, 0.5) is 0 Å². The Bertz CT molecular complexity index is 96.4. The average Bonchev–Trinajstić information content (AvgIpc) is 1.89. The van der Waals surface area contributed by atoms with Gasteiger partial charge in [0.05, 0.1) is 19.8 Å². The molecular weight excluding hydrogens is 132 g/mol. The van der Waals surface area contributed by atoms with E-state index in [9.17, 15) is 5.21 Å². The topological polar surface area (TPSA) is 58.3 Å². The molecule has 1 heterocycles. The highest BCUT2D eigenvalue weighted by Crippen LogP contribution is 2.06. The largest absolute Gasteiger partial charge is 0.633 e. The molecule has 4 heteroatoms. The lowest BCUT2D eigenvalue weighted by atomic mass is 10.4. The number of quaternary nitrogens is 1. The van der Waals surface area contributed by atoms with Crippen LogP contribution in [-0.4, -0.2) is 44.0 Å².